The van der Waals surface area contributed by atoms with E-state index in [1.165, 1.54) is 12.0 Å². The van der Waals surface area contributed by atoms with Gasteiger partial charge in [0.05, 0.1) is 0 Å². The molecule has 1 aromatic carbocycles. The minimum Gasteiger partial charge on any atom is -0.345 e. The molecule has 0 unspecified atom stereocenters. The van der Waals surface area contributed by atoms with Crippen molar-refractivity contribution in [3.05, 3.63) is 35.4 Å². The highest BCUT2D eigenvalue weighted by Gasteiger charge is 2.40. The van der Waals surface area contributed by atoms with Crippen molar-refractivity contribution in [3.8, 4) is 0 Å². The zero-order chi connectivity index (χ0) is 18.1. The average Bonchev–Trinajstić information content (AvgIpc) is 3.20. The quantitative estimate of drug-likeness (QED) is 0.885. The molecule has 0 saturated carbocycles. The molecular weight excluding hydrogens is 326 g/mol. The number of piperidine rings is 2. The maximum atomic E-state index is 12.9. The number of hydrogen-bond acceptors (Lipinski definition) is 3. The van der Waals surface area contributed by atoms with E-state index < -0.39 is 0 Å². The Kier molecular flexibility index (Phi) is 4.74. The van der Waals surface area contributed by atoms with Crippen LogP contribution in [0.2, 0.25) is 0 Å². The molecule has 5 heteroatoms. The minimum atomic E-state index is 0.149. The van der Waals surface area contributed by atoms with Gasteiger partial charge in [0.15, 0.2) is 0 Å². The molecule has 1 N–H and O–H groups in total. The molecule has 0 aliphatic carbocycles. The van der Waals surface area contributed by atoms with Crippen LogP contribution in [-0.2, 0) is 4.79 Å². The van der Waals surface area contributed by atoms with Crippen molar-refractivity contribution in [2.45, 2.75) is 38.0 Å². The normalized spacial score (nSPS) is 25.7. The Labute approximate surface area is 155 Å². The van der Waals surface area contributed by atoms with E-state index in [0.29, 0.717) is 12.3 Å². The third kappa shape index (κ3) is 3.37. The van der Waals surface area contributed by atoms with E-state index in [2.05, 4.69) is 17.4 Å². The monoisotopic (exact) mass is 355 g/mol. The second-order valence-electron chi connectivity index (χ2n) is 8.35. The van der Waals surface area contributed by atoms with Crippen molar-refractivity contribution in [2.24, 2.45) is 5.41 Å². The lowest BCUT2D eigenvalue weighted by Gasteiger charge is -2.46. The van der Waals surface area contributed by atoms with Crippen molar-refractivity contribution in [3.63, 3.8) is 0 Å². The van der Waals surface area contributed by atoms with Crippen LogP contribution >= 0.6 is 0 Å². The largest absolute Gasteiger partial charge is 0.345 e. The SMILES string of the molecule is CN1CC2(CCC1=O)CCN(C(=O)c1ccc([C@H]3CCNC3)cc1)CC2. The zero-order valence-electron chi connectivity index (χ0n) is 15.7. The van der Waals surface area contributed by atoms with Crippen LogP contribution in [0.15, 0.2) is 24.3 Å². The summed E-state index contributed by atoms with van der Waals surface area (Å²) < 4.78 is 0. The van der Waals surface area contributed by atoms with E-state index in [0.717, 1.165) is 57.5 Å². The van der Waals surface area contributed by atoms with Gasteiger partial charge in [-0.05, 0) is 61.3 Å². The highest BCUT2D eigenvalue weighted by Crippen LogP contribution is 2.40. The minimum absolute atomic E-state index is 0.149. The number of nitrogens with zero attached hydrogens (tertiary/aromatic N) is 2. The van der Waals surface area contributed by atoms with Crippen molar-refractivity contribution < 1.29 is 9.59 Å². The molecule has 3 saturated heterocycles. The Morgan fingerprint density at radius 1 is 1.15 bits per heavy atom. The Bertz CT molecular complexity index is 671. The summed E-state index contributed by atoms with van der Waals surface area (Å²) in [6, 6.07) is 8.23. The second kappa shape index (κ2) is 7.03. The maximum absolute atomic E-state index is 12.9. The summed E-state index contributed by atoms with van der Waals surface area (Å²) in [6.45, 7) is 4.57. The molecule has 26 heavy (non-hydrogen) atoms. The van der Waals surface area contributed by atoms with Gasteiger partial charge in [-0.1, -0.05) is 12.1 Å². The molecule has 5 nitrogen and oxygen atoms in total. The van der Waals surface area contributed by atoms with Crippen LogP contribution in [0, 0.1) is 5.41 Å². The number of carbonyl (C=O) groups is 2. The maximum Gasteiger partial charge on any atom is 0.253 e. The highest BCUT2D eigenvalue weighted by molar-refractivity contribution is 5.94. The molecular formula is C21H29N3O2. The molecule has 3 heterocycles. The number of likely N-dealkylation sites (tertiary alicyclic amines) is 2. The molecule has 4 rings (SSSR count). The molecule has 3 aliphatic heterocycles. The van der Waals surface area contributed by atoms with E-state index in [1.54, 1.807) is 0 Å². The third-order valence-corrected chi connectivity index (χ3v) is 6.67. The van der Waals surface area contributed by atoms with Crippen LogP contribution < -0.4 is 5.32 Å². The van der Waals surface area contributed by atoms with Gasteiger partial charge in [-0.2, -0.15) is 0 Å². The summed E-state index contributed by atoms with van der Waals surface area (Å²) in [5.41, 5.74) is 2.35. The Balaban J connectivity index is 1.37. The topological polar surface area (TPSA) is 52.7 Å². The first-order valence-electron chi connectivity index (χ1n) is 9.90. The van der Waals surface area contributed by atoms with Gasteiger partial charge < -0.3 is 15.1 Å². The van der Waals surface area contributed by atoms with Crippen molar-refractivity contribution in [1.82, 2.24) is 15.1 Å². The van der Waals surface area contributed by atoms with E-state index >= 15 is 0 Å². The van der Waals surface area contributed by atoms with Gasteiger partial charge in [0.25, 0.3) is 5.91 Å². The Morgan fingerprint density at radius 2 is 1.88 bits per heavy atom. The number of nitrogens with one attached hydrogen (secondary N) is 1. The van der Waals surface area contributed by atoms with E-state index in [1.807, 2.05) is 29.0 Å². The fourth-order valence-corrected chi connectivity index (χ4v) is 4.85. The summed E-state index contributed by atoms with van der Waals surface area (Å²) in [5.74, 6) is 0.989. The van der Waals surface area contributed by atoms with Gasteiger partial charge >= 0.3 is 0 Å². The molecule has 1 spiro atoms. The van der Waals surface area contributed by atoms with Crippen molar-refractivity contribution in [1.29, 1.82) is 0 Å². The molecule has 0 bridgehead atoms. The summed E-state index contributed by atoms with van der Waals surface area (Å²) in [5, 5.41) is 3.39. The van der Waals surface area contributed by atoms with Crippen molar-refractivity contribution >= 4 is 11.8 Å². The molecule has 0 aromatic heterocycles. The van der Waals surface area contributed by atoms with Gasteiger partial charge in [0.1, 0.15) is 0 Å². The van der Waals surface area contributed by atoms with Gasteiger partial charge in [-0.15, -0.1) is 0 Å². The molecule has 3 fully saturated rings. The third-order valence-electron chi connectivity index (χ3n) is 6.67. The fourth-order valence-electron chi connectivity index (χ4n) is 4.85. The van der Waals surface area contributed by atoms with E-state index in [-0.39, 0.29) is 17.2 Å². The predicted molar refractivity (Wildman–Crippen MR) is 101 cm³/mol. The first kappa shape index (κ1) is 17.5. The average molecular weight is 355 g/mol. The summed E-state index contributed by atoms with van der Waals surface area (Å²) in [7, 11) is 1.90. The number of amides is 2. The van der Waals surface area contributed by atoms with Gasteiger partial charge in [0.2, 0.25) is 5.91 Å². The number of hydrogen-bond donors (Lipinski definition) is 1. The molecule has 0 radical (unpaired) electrons. The lowest BCUT2D eigenvalue weighted by atomic mass is 9.72. The smallest absolute Gasteiger partial charge is 0.253 e. The molecule has 2 amide bonds. The fraction of sp³-hybridized carbons (Fsp3) is 0.619. The van der Waals surface area contributed by atoms with Gasteiger partial charge in [-0.25, -0.2) is 0 Å². The van der Waals surface area contributed by atoms with Crippen LogP contribution in [0.4, 0.5) is 0 Å². The summed E-state index contributed by atoms with van der Waals surface area (Å²) >= 11 is 0. The van der Waals surface area contributed by atoms with Crippen LogP contribution in [-0.4, -0.2) is 61.4 Å². The summed E-state index contributed by atoms with van der Waals surface area (Å²) in [4.78, 5) is 28.5. The van der Waals surface area contributed by atoms with Crippen LogP contribution in [0.5, 0.6) is 0 Å². The molecule has 1 atom stereocenters. The Hall–Kier alpha value is -1.88. The first-order chi connectivity index (χ1) is 12.6. The standard InChI is InChI=1S/C21H29N3O2/c1-23-15-21(8-6-19(23)25)9-12-24(13-10-21)20(26)17-4-2-16(3-5-17)18-7-11-22-14-18/h2-5,18,22H,6-15H2,1H3/t18-/m0/s1. The predicted octanol–water partition coefficient (Wildman–Crippen LogP) is 2.24. The van der Waals surface area contributed by atoms with E-state index in [9.17, 15) is 9.59 Å². The first-order valence-corrected chi connectivity index (χ1v) is 9.90. The lowest BCUT2D eigenvalue weighted by Crippen LogP contribution is -2.51. The Morgan fingerprint density at radius 3 is 2.50 bits per heavy atom. The van der Waals surface area contributed by atoms with Crippen molar-refractivity contribution in [2.75, 3.05) is 39.8 Å². The molecule has 1 aromatic rings. The molecule has 140 valence electrons. The number of benzene rings is 1. The lowest BCUT2D eigenvalue weighted by molar-refractivity contribution is -0.137. The van der Waals surface area contributed by atoms with Gasteiger partial charge in [0, 0.05) is 45.2 Å². The van der Waals surface area contributed by atoms with E-state index in [4.69, 9.17) is 0 Å². The molecule has 3 aliphatic rings. The van der Waals surface area contributed by atoms with Crippen LogP contribution in [0.1, 0.15) is 53.9 Å². The highest BCUT2D eigenvalue weighted by atomic mass is 16.2. The number of carbonyl (C=O) groups excluding carboxylic acids is 2. The van der Waals surface area contributed by atoms with Gasteiger partial charge in [-0.3, -0.25) is 9.59 Å². The second-order valence-corrected chi connectivity index (χ2v) is 8.35. The zero-order valence-corrected chi connectivity index (χ0v) is 15.7. The summed E-state index contributed by atoms with van der Waals surface area (Å²) in [6.07, 6.45) is 4.81. The number of rotatable bonds is 2. The van der Waals surface area contributed by atoms with Crippen LogP contribution in [0.25, 0.3) is 0 Å². The van der Waals surface area contributed by atoms with Crippen LogP contribution in [0.3, 0.4) is 0 Å².